The van der Waals surface area contributed by atoms with E-state index in [9.17, 15) is 14.4 Å². The summed E-state index contributed by atoms with van der Waals surface area (Å²) in [6.07, 6.45) is 1.74. The Morgan fingerprint density at radius 2 is 1.76 bits per heavy atom. The molecule has 8 nitrogen and oxygen atoms in total. The molecular weight excluding hydrogens is 420 g/mol. The first-order valence-corrected chi connectivity index (χ1v) is 11.0. The van der Waals surface area contributed by atoms with Gasteiger partial charge in [-0.1, -0.05) is 43.2 Å². The molecule has 1 aliphatic rings. The molecule has 1 atom stereocenters. The Morgan fingerprint density at radius 1 is 1.06 bits per heavy atom. The number of ether oxygens (including phenoxy) is 1. The second-order valence-electron chi connectivity index (χ2n) is 7.95. The molecule has 0 aliphatic carbocycles. The Hall–Kier alpha value is -3.81. The fraction of sp³-hybridized carbons (Fsp3) is 0.320. The first-order chi connectivity index (χ1) is 15.8. The Morgan fingerprint density at radius 3 is 2.42 bits per heavy atom. The maximum absolute atomic E-state index is 12.8. The Labute approximate surface area is 194 Å². The smallest absolute Gasteiger partial charge is 0.337 e. The van der Waals surface area contributed by atoms with Crippen LogP contribution >= 0.6 is 0 Å². The van der Waals surface area contributed by atoms with Gasteiger partial charge in [0, 0.05) is 23.6 Å². The van der Waals surface area contributed by atoms with Crippen LogP contribution in [-0.4, -0.2) is 36.6 Å². The van der Waals surface area contributed by atoms with Gasteiger partial charge in [0.25, 0.3) is 0 Å². The van der Waals surface area contributed by atoms with Crippen molar-refractivity contribution in [3.05, 3.63) is 70.9 Å². The van der Waals surface area contributed by atoms with Gasteiger partial charge in [-0.3, -0.25) is 4.90 Å². The third-order valence-electron chi connectivity index (χ3n) is 5.52. The van der Waals surface area contributed by atoms with E-state index in [4.69, 9.17) is 4.74 Å². The Balaban J connectivity index is 1.84. The molecule has 174 valence electrons. The average Bonchev–Trinajstić information content (AvgIpc) is 2.80. The number of hydrogen-bond donors (Lipinski definition) is 3. The summed E-state index contributed by atoms with van der Waals surface area (Å²) in [6.45, 7) is 6.28. The third-order valence-corrected chi connectivity index (χ3v) is 5.52. The number of carbonyl (C=O) groups excluding carboxylic acids is 3. The van der Waals surface area contributed by atoms with E-state index in [0.717, 1.165) is 18.4 Å². The normalized spacial score (nSPS) is 15.7. The number of esters is 1. The lowest BCUT2D eigenvalue weighted by molar-refractivity contribution is -0.136. The van der Waals surface area contributed by atoms with Crippen LogP contribution in [0, 0.1) is 6.92 Å². The molecule has 1 heterocycles. The van der Waals surface area contributed by atoms with Crippen LogP contribution in [0.15, 0.2) is 59.8 Å². The molecule has 1 aliphatic heterocycles. The molecule has 0 radical (unpaired) electrons. The molecule has 3 N–H and O–H groups in total. The van der Waals surface area contributed by atoms with Crippen LogP contribution in [0.3, 0.4) is 0 Å². The van der Waals surface area contributed by atoms with Crippen molar-refractivity contribution in [1.82, 2.24) is 10.2 Å². The summed E-state index contributed by atoms with van der Waals surface area (Å²) in [5.41, 5.74) is 3.90. The highest BCUT2D eigenvalue weighted by atomic mass is 16.5. The number of anilines is 2. The lowest BCUT2D eigenvalue weighted by Gasteiger charge is -2.35. The van der Waals surface area contributed by atoms with E-state index in [2.05, 4.69) is 16.0 Å². The van der Waals surface area contributed by atoms with Crippen molar-refractivity contribution in [3.63, 3.8) is 0 Å². The number of rotatable bonds is 7. The zero-order valence-corrected chi connectivity index (χ0v) is 19.4. The molecule has 3 rings (SSSR count). The Kier molecular flexibility index (Phi) is 7.71. The van der Waals surface area contributed by atoms with Crippen LogP contribution in [0.1, 0.15) is 43.9 Å². The van der Waals surface area contributed by atoms with Crippen LogP contribution in [0.25, 0.3) is 0 Å². The fourth-order valence-corrected chi connectivity index (χ4v) is 3.72. The number of nitrogens with zero attached hydrogens (tertiary/aromatic N) is 1. The lowest BCUT2D eigenvalue weighted by atomic mass is 9.94. The van der Waals surface area contributed by atoms with E-state index >= 15 is 0 Å². The molecule has 0 aromatic heterocycles. The number of methoxy groups -OCH3 is 1. The molecule has 0 fully saturated rings. The van der Waals surface area contributed by atoms with Gasteiger partial charge < -0.3 is 20.7 Å². The molecule has 1 unspecified atom stereocenters. The van der Waals surface area contributed by atoms with Crippen molar-refractivity contribution in [2.24, 2.45) is 0 Å². The molecule has 33 heavy (non-hydrogen) atoms. The number of amides is 4. The minimum Gasteiger partial charge on any atom is -0.466 e. The number of urea groups is 2. The van der Waals surface area contributed by atoms with Crippen LogP contribution in [0.5, 0.6) is 0 Å². The van der Waals surface area contributed by atoms with E-state index in [0.29, 0.717) is 34.8 Å². The fourth-order valence-electron chi connectivity index (χ4n) is 3.72. The second kappa shape index (κ2) is 10.7. The van der Waals surface area contributed by atoms with E-state index in [-0.39, 0.29) is 6.03 Å². The first kappa shape index (κ1) is 23.8. The molecule has 8 heteroatoms. The van der Waals surface area contributed by atoms with Crippen molar-refractivity contribution < 1.29 is 19.1 Å². The molecule has 2 aromatic rings. The quantitative estimate of drug-likeness (QED) is 0.520. The number of allylic oxidation sites excluding steroid dienone is 1. The topological polar surface area (TPSA) is 99.8 Å². The van der Waals surface area contributed by atoms with Crippen molar-refractivity contribution in [3.8, 4) is 0 Å². The molecule has 4 amide bonds. The predicted octanol–water partition coefficient (Wildman–Crippen LogP) is 4.95. The van der Waals surface area contributed by atoms with Crippen molar-refractivity contribution >= 4 is 29.4 Å². The van der Waals surface area contributed by atoms with E-state index in [1.54, 1.807) is 36.1 Å². The zero-order valence-electron chi connectivity index (χ0n) is 19.4. The van der Waals surface area contributed by atoms with Gasteiger partial charge in [0.1, 0.15) is 0 Å². The number of hydrogen-bond acceptors (Lipinski definition) is 4. The number of unbranched alkanes of at least 4 members (excludes halogenated alkanes) is 1. The highest BCUT2D eigenvalue weighted by molar-refractivity contribution is 6.00. The predicted molar refractivity (Wildman–Crippen MR) is 128 cm³/mol. The summed E-state index contributed by atoms with van der Waals surface area (Å²) in [7, 11) is 1.32. The summed E-state index contributed by atoms with van der Waals surface area (Å²) >= 11 is 0. The van der Waals surface area contributed by atoms with Crippen LogP contribution < -0.4 is 16.0 Å². The van der Waals surface area contributed by atoms with Gasteiger partial charge in [-0.2, -0.15) is 0 Å². The van der Waals surface area contributed by atoms with Crippen LogP contribution in [0.2, 0.25) is 0 Å². The summed E-state index contributed by atoms with van der Waals surface area (Å²) in [5.74, 6) is -0.505. The number of nitrogens with one attached hydrogen (secondary N) is 3. The van der Waals surface area contributed by atoms with E-state index in [1.165, 1.54) is 7.11 Å². The summed E-state index contributed by atoms with van der Waals surface area (Å²) in [5, 5.41) is 8.49. The van der Waals surface area contributed by atoms with Gasteiger partial charge >= 0.3 is 18.0 Å². The lowest BCUT2D eigenvalue weighted by Crippen LogP contribution is -2.48. The van der Waals surface area contributed by atoms with Gasteiger partial charge in [0.05, 0.1) is 18.7 Å². The Bertz CT molecular complexity index is 1060. The average molecular weight is 451 g/mol. The number of carbonyl (C=O) groups is 3. The minimum absolute atomic E-state index is 0.269. The maximum atomic E-state index is 12.8. The zero-order chi connectivity index (χ0) is 24.0. The van der Waals surface area contributed by atoms with E-state index in [1.807, 2.05) is 38.1 Å². The van der Waals surface area contributed by atoms with Crippen LogP contribution in [0.4, 0.5) is 21.0 Å². The van der Waals surface area contributed by atoms with Gasteiger partial charge in [0.2, 0.25) is 0 Å². The molecule has 2 aromatic carbocycles. The standard InChI is InChI=1S/C25H30N4O4/c1-5-6-14-29-17(3)21(23(30)33-4)22(28-25(29)32)18-8-7-9-20(15-18)27-24(31)26-19-12-10-16(2)11-13-19/h7-13,15,22H,5-6,14H2,1-4H3,(H,28,32)(H2,26,27,31). The summed E-state index contributed by atoms with van der Waals surface area (Å²) in [6, 6.07) is 13.1. The monoisotopic (exact) mass is 450 g/mol. The van der Waals surface area contributed by atoms with Crippen molar-refractivity contribution in [2.45, 2.75) is 39.7 Å². The SMILES string of the molecule is CCCCN1C(=O)NC(c2cccc(NC(=O)Nc3ccc(C)cc3)c2)C(C(=O)OC)=C1C. The van der Waals surface area contributed by atoms with Crippen molar-refractivity contribution in [1.29, 1.82) is 0 Å². The molecule has 0 spiro atoms. The second-order valence-corrected chi connectivity index (χ2v) is 7.95. The highest BCUT2D eigenvalue weighted by Gasteiger charge is 2.36. The molecule has 0 saturated heterocycles. The largest absolute Gasteiger partial charge is 0.466 e. The van der Waals surface area contributed by atoms with Gasteiger partial charge in [-0.25, -0.2) is 14.4 Å². The van der Waals surface area contributed by atoms with Crippen LogP contribution in [-0.2, 0) is 9.53 Å². The van der Waals surface area contributed by atoms with E-state index < -0.39 is 18.0 Å². The maximum Gasteiger partial charge on any atom is 0.337 e. The first-order valence-electron chi connectivity index (χ1n) is 11.0. The van der Waals surface area contributed by atoms with Gasteiger partial charge in [-0.15, -0.1) is 0 Å². The van der Waals surface area contributed by atoms with Gasteiger partial charge in [-0.05, 0) is 50.1 Å². The molecule has 0 bridgehead atoms. The highest BCUT2D eigenvalue weighted by Crippen LogP contribution is 2.32. The minimum atomic E-state index is -0.690. The third kappa shape index (κ3) is 5.71. The number of benzene rings is 2. The van der Waals surface area contributed by atoms with Gasteiger partial charge in [0.15, 0.2) is 0 Å². The van der Waals surface area contributed by atoms with Crippen molar-refractivity contribution in [2.75, 3.05) is 24.3 Å². The molecule has 0 saturated carbocycles. The number of aryl methyl sites for hydroxylation is 1. The molecular formula is C25H30N4O4. The summed E-state index contributed by atoms with van der Waals surface area (Å²) < 4.78 is 5.01. The summed E-state index contributed by atoms with van der Waals surface area (Å²) in [4.78, 5) is 39.4.